The van der Waals surface area contributed by atoms with Gasteiger partial charge in [-0.25, -0.2) is 4.39 Å². The maximum Gasteiger partial charge on any atom is 0.309 e. The summed E-state index contributed by atoms with van der Waals surface area (Å²) in [7, 11) is 1.34. The first-order valence-electron chi connectivity index (χ1n) is 14.1. The number of halogens is 2. The molecule has 1 N–H and O–H groups in total. The van der Waals surface area contributed by atoms with Crippen molar-refractivity contribution in [2.75, 3.05) is 19.0 Å². The number of rotatable bonds is 4. The number of terminal acetylenes is 1. The van der Waals surface area contributed by atoms with E-state index in [1.54, 1.807) is 23.2 Å². The van der Waals surface area contributed by atoms with E-state index in [2.05, 4.69) is 16.2 Å². The Labute approximate surface area is 255 Å². The van der Waals surface area contributed by atoms with Crippen LogP contribution in [-0.2, 0) is 25.5 Å². The molecular formula is C34H31ClFN3O4. The van der Waals surface area contributed by atoms with Crippen LogP contribution in [-0.4, -0.2) is 41.3 Å². The van der Waals surface area contributed by atoms with Crippen molar-refractivity contribution in [3.05, 3.63) is 88.0 Å². The first kappa shape index (κ1) is 30.0. The number of methoxy groups -OCH3 is 1. The zero-order valence-electron chi connectivity index (χ0n) is 24.0. The molecule has 3 aromatic rings. The molecule has 2 bridgehead atoms. The van der Waals surface area contributed by atoms with Crippen molar-refractivity contribution in [1.82, 2.24) is 9.88 Å². The Hall–Kier alpha value is -4.48. The summed E-state index contributed by atoms with van der Waals surface area (Å²) in [6.07, 6.45) is 11.1. The molecule has 9 heteroatoms. The lowest BCUT2D eigenvalue weighted by Gasteiger charge is -2.35. The van der Waals surface area contributed by atoms with Crippen LogP contribution < -0.4 is 5.32 Å². The van der Waals surface area contributed by atoms with Gasteiger partial charge in [0.1, 0.15) is 0 Å². The molecule has 220 valence electrons. The average molecular weight is 600 g/mol. The molecule has 43 heavy (non-hydrogen) atoms. The van der Waals surface area contributed by atoms with Gasteiger partial charge in [-0.2, -0.15) is 0 Å². The van der Waals surface area contributed by atoms with Gasteiger partial charge in [0.25, 0.3) is 0 Å². The van der Waals surface area contributed by atoms with Gasteiger partial charge in [-0.15, -0.1) is 6.42 Å². The van der Waals surface area contributed by atoms with Crippen LogP contribution in [0.2, 0.25) is 5.02 Å². The zero-order chi connectivity index (χ0) is 30.7. The number of esters is 1. The SMILES string of the molecule is C#Cc1ccc(Cl)c(F)c1C1=CC(=O)N([C@H]2CCC[C@@H](C)C(=O)Nc3cc(CC(=O)OC)ccc3-c3ccnc2c3)CC1. The molecule has 7 nitrogen and oxygen atoms in total. The molecule has 2 aliphatic heterocycles. The summed E-state index contributed by atoms with van der Waals surface area (Å²) >= 11 is 6.05. The van der Waals surface area contributed by atoms with E-state index in [9.17, 15) is 14.4 Å². The summed E-state index contributed by atoms with van der Waals surface area (Å²) in [6.45, 7) is 2.20. The van der Waals surface area contributed by atoms with E-state index in [-0.39, 0.29) is 46.8 Å². The molecule has 0 saturated heterocycles. The van der Waals surface area contributed by atoms with E-state index in [4.69, 9.17) is 22.8 Å². The first-order chi connectivity index (χ1) is 20.7. The molecule has 2 aliphatic rings. The van der Waals surface area contributed by atoms with Gasteiger partial charge in [-0.3, -0.25) is 19.4 Å². The third kappa shape index (κ3) is 6.32. The third-order valence-corrected chi connectivity index (χ3v) is 8.36. The van der Waals surface area contributed by atoms with Crippen LogP contribution >= 0.6 is 11.6 Å². The van der Waals surface area contributed by atoms with Crippen molar-refractivity contribution in [1.29, 1.82) is 0 Å². The predicted octanol–water partition coefficient (Wildman–Crippen LogP) is 6.35. The summed E-state index contributed by atoms with van der Waals surface area (Å²) in [6, 6.07) is 11.9. The van der Waals surface area contributed by atoms with Gasteiger partial charge < -0.3 is 15.0 Å². The molecule has 0 spiro atoms. The summed E-state index contributed by atoms with van der Waals surface area (Å²) in [5.74, 6) is 0.795. The zero-order valence-corrected chi connectivity index (χ0v) is 24.7. The van der Waals surface area contributed by atoms with E-state index in [0.717, 1.165) is 11.1 Å². The molecule has 5 rings (SSSR count). The smallest absolute Gasteiger partial charge is 0.309 e. The van der Waals surface area contributed by atoms with Crippen LogP contribution in [0.3, 0.4) is 0 Å². The fourth-order valence-electron chi connectivity index (χ4n) is 5.71. The molecule has 0 unspecified atom stereocenters. The van der Waals surface area contributed by atoms with Crippen molar-refractivity contribution in [2.45, 2.75) is 45.1 Å². The number of hydrogen-bond donors (Lipinski definition) is 1. The second kappa shape index (κ2) is 12.8. The molecule has 2 atom stereocenters. The number of ether oxygens (including phenoxy) is 1. The Morgan fingerprint density at radius 2 is 2.02 bits per heavy atom. The van der Waals surface area contributed by atoms with Crippen molar-refractivity contribution in [3.8, 4) is 23.5 Å². The number of benzene rings is 2. The summed E-state index contributed by atoms with van der Waals surface area (Å²) in [5, 5.41) is 3.00. The van der Waals surface area contributed by atoms with Gasteiger partial charge in [-0.1, -0.05) is 43.0 Å². The van der Waals surface area contributed by atoms with Crippen LogP contribution in [0.25, 0.3) is 16.7 Å². The molecule has 3 heterocycles. The number of anilines is 1. The maximum absolute atomic E-state index is 15.0. The molecule has 0 aliphatic carbocycles. The van der Waals surface area contributed by atoms with Crippen LogP contribution in [0.1, 0.15) is 61.0 Å². The number of nitrogens with zero attached hydrogens (tertiary/aromatic N) is 2. The van der Waals surface area contributed by atoms with Crippen molar-refractivity contribution in [2.24, 2.45) is 5.92 Å². The van der Waals surface area contributed by atoms with Crippen LogP contribution in [0.4, 0.5) is 10.1 Å². The Morgan fingerprint density at radius 3 is 2.77 bits per heavy atom. The number of aromatic nitrogens is 1. The van der Waals surface area contributed by atoms with Gasteiger partial charge in [0.2, 0.25) is 11.8 Å². The topological polar surface area (TPSA) is 88.6 Å². The minimum atomic E-state index is -0.634. The maximum atomic E-state index is 15.0. The number of carbonyl (C=O) groups is 3. The van der Waals surface area contributed by atoms with Crippen LogP contribution in [0, 0.1) is 24.1 Å². The average Bonchev–Trinajstić information content (AvgIpc) is 3.00. The summed E-state index contributed by atoms with van der Waals surface area (Å²) in [5.41, 5.74) is 4.62. The minimum Gasteiger partial charge on any atom is -0.469 e. The van der Waals surface area contributed by atoms with E-state index < -0.39 is 5.82 Å². The Balaban J connectivity index is 1.53. The second-order valence-corrected chi connectivity index (χ2v) is 11.2. The van der Waals surface area contributed by atoms with E-state index >= 15 is 4.39 Å². The van der Waals surface area contributed by atoms with E-state index in [0.29, 0.717) is 60.3 Å². The van der Waals surface area contributed by atoms with Gasteiger partial charge >= 0.3 is 5.97 Å². The quantitative estimate of drug-likeness (QED) is 0.279. The summed E-state index contributed by atoms with van der Waals surface area (Å²) < 4.78 is 19.9. The lowest BCUT2D eigenvalue weighted by molar-refractivity contribution is -0.139. The normalized spacial score (nSPS) is 18.8. The molecule has 2 amide bonds. The second-order valence-electron chi connectivity index (χ2n) is 10.8. The molecule has 0 fully saturated rings. The lowest BCUT2D eigenvalue weighted by Crippen LogP contribution is -2.38. The molecule has 1 aromatic heterocycles. The van der Waals surface area contributed by atoms with Crippen molar-refractivity contribution < 1.29 is 23.5 Å². The molecule has 0 radical (unpaired) electrons. The monoisotopic (exact) mass is 599 g/mol. The van der Waals surface area contributed by atoms with Gasteiger partial charge in [0.15, 0.2) is 5.82 Å². The highest BCUT2D eigenvalue weighted by molar-refractivity contribution is 6.31. The third-order valence-electron chi connectivity index (χ3n) is 8.06. The number of hydrogen-bond acceptors (Lipinski definition) is 5. The number of nitrogens with one attached hydrogen (secondary N) is 1. The molecule has 2 aromatic carbocycles. The number of pyridine rings is 1. The Bertz CT molecular complexity index is 1680. The van der Waals surface area contributed by atoms with Crippen LogP contribution in [0.15, 0.2) is 54.7 Å². The highest BCUT2D eigenvalue weighted by Crippen LogP contribution is 2.38. The number of fused-ring (bicyclic) bond motifs is 4. The molecule has 0 saturated carbocycles. The summed E-state index contributed by atoms with van der Waals surface area (Å²) in [4.78, 5) is 45.1. The number of carbonyl (C=O) groups excluding carboxylic acids is 3. The lowest BCUT2D eigenvalue weighted by atomic mass is 9.91. The van der Waals surface area contributed by atoms with E-state index in [1.807, 2.05) is 31.2 Å². The first-order valence-corrected chi connectivity index (χ1v) is 14.5. The Morgan fingerprint density at radius 1 is 1.21 bits per heavy atom. The predicted molar refractivity (Wildman–Crippen MR) is 163 cm³/mol. The van der Waals surface area contributed by atoms with Crippen molar-refractivity contribution in [3.63, 3.8) is 0 Å². The van der Waals surface area contributed by atoms with Gasteiger partial charge in [0.05, 0.1) is 30.3 Å². The van der Waals surface area contributed by atoms with Gasteiger partial charge in [-0.05, 0) is 66.3 Å². The van der Waals surface area contributed by atoms with Crippen LogP contribution in [0.5, 0.6) is 0 Å². The highest BCUT2D eigenvalue weighted by Gasteiger charge is 2.31. The number of amides is 2. The Kier molecular flexibility index (Phi) is 8.93. The molecular weight excluding hydrogens is 569 g/mol. The fourth-order valence-corrected chi connectivity index (χ4v) is 5.87. The van der Waals surface area contributed by atoms with Gasteiger partial charge in [0, 0.05) is 47.1 Å². The van der Waals surface area contributed by atoms with Crippen molar-refractivity contribution >= 4 is 40.6 Å². The van der Waals surface area contributed by atoms with E-state index in [1.165, 1.54) is 19.3 Å². The largest absolute Gasteiger partial charge is 0.469 e. The fraction of sp³-hybridized carbons (Fsp3) is 0.294. The minimum absolute atomic E-state index is 0.0547. The highest BCUT2D eigenvalue weighted by atomic mass is 35.5. The standard InChI is InChI=1S/C34H31ClFN3O4/c1-4-22-9-11-26(35)33(36)32(22)24-13-15-39(30(40)19-24)29-7-5-6-20(2)34(42)38-27-16-21(17-31(41)43-3)8-10-25(27)23-12-14-37-28(29)18-23/h1,8-12,14,16,18-20,29H,5-7,13,15,17H2,2-3H3,(H,38,42)/t20-,29+/m1/s1.